The molecule has 154 valence electrons. The van der Waals surface area contributed by atoms with Crippen LogP contribution in [-0.2, 0) is 11.0 Å². The highest BCUT2D eigenvalue weighted by Gasteiger charge is 2.57. The van der Waals surface area contributed by atoms with Crippen molar-refractivity contribution in [3.63, 3.8) is 0 Å². The first-order chi connectivity index (χ1) is 13.1. The summed E-state index contributed by atoms with van der Waals surface area (Å²) in [6, 6.07) is 4.87. The molecule has 0 aromatic heterocycles. The van der Waals surface area contributed by atoms with Crippen LogP contribution in [0.5, 0.6) is 0 Å². The minimum atomic E-state index is -4.56. The zero-order valence-electron chi connectivity index (χ0n) is 15.6. The van der Waals surface area contributed by atoms with E-state index in [1.54, 1.807) is 0 Å². The number of carbonyl (C=O) groups is 1. The van der Waals surface area contributed by atoms with Crippen molar-refractivity contribution in [3.8, 4) is 0 Å². The van der Waals surface area contributed by atoms with E-state index in [2.05, 4.69) is 5.32 Å². The van der Waals surface area contributed by atoms with Crippen LogP contribution in [0.25, 0.3) is 0 Å². The molecule has 1 aromatic carbocycles. The largest absolute Gasteiger partial charge is 0.416 e. The van der Waals surface area contributed by atoms with Crippen LogP contribution in [0.1, 0.15) is 62.2 Å². The van der Waals surface area contributed by atoms with Crippen molar-refractivity contribution in [2.45, 2.75) is 62.8 Å². The lowest BCUT2D eigenvalue weighted by Gasteiger charge is -2.60. The Morgan fingerprint density at radius 1 is 1.18 bits per heavy atom. The van der Waals surface area contributed by atoms with E-state index in [1.807, 2.05) is 0 Å². The van der Waals surface area contributed by atoms with Crippen LogP contribution in [0.2, 0.25) is 0 Å². The second-order valence-electron chi connectivity index (χ2n) is 9.27. The fourth-order valence-corrected chi connectivity index (χ4v) is 6.38. The lowest BCUT2D eigenvalue weighted by atomic mass is 9.47. The van der Waals surface area contributed by atoms with E-state index >= 15 is 0 Å². The first-order valence-corrected chi connectivity index (χ1v) is 9.91. The molecular formula is C21H26F3NO3. The van der Waals surface area contributed by atoms with Crippen LogP contribution >= 0.6 is 0 Å². The highest BCUT2D eigenvalue weighted by molar-refractivity contribution is 5.76. The SMILES string of the molecule is O=C(CC12CC3CC(CC(O)(C3)C1)C2)NCC(O)c1ccccc1C(F)(F)F. The Balaban J connectivity index is 1.38. The number of amides is 1. The lowest BCUT2D eigenvalue weighted by Crippen LogP contribution is -2.56. The van der Waals surface area contributed by atoms with Crippen LogP contribution in [0.3, 0.4) is 0 Å². The summed E-state index contributed by atoms with van der Waals surface area (Å²) in [5.74, 6) is 0.653. The molecule has 4 fully saturated rings. The number of hydrogen-bond donors (Lipinski definition) is 3. The number of rotatable bonds is 5. The minimum Gasteiger partial charge on any atom is -0.390 e. The molecule has 3 unspecified atom stereocenters. The van der Waals surface area contributed by atoms with Gasteiger partial charge in [-0.05, 0) is 67.4 Å². The molecule has 1 aromatic rings. The van der Waals surface area contributed by atoms with Gasteiger partial charge in [0.05, 0.1) is 17.3 Å². The third kappa shape index (κ3) is 3.79. The number of benzene rings is 1. The highest BCUT2D eigenvalue weighted by Crippen LogP contribution is 2.62. The summed E-state index contributed by atoms with van der Waals surface area (Å²) in [4.78, 5) is 12.5. The predicted molar refractivity (Wildman–Crippen MR) is 96.1 cm³/mol. The minimum absolute atomic E-state index is 0.211. The van der Waals surface area contributed by atoms with E-state index < -0.39 is 23.4 Å². The van der Waals surface area contributed by atoms with E-state index in [1.165, 1.54) is 18.2 Å². The molecule has 0 radical (unpaired) electrons. The summed E-state index contributed by atoms with van der Waals surface area (Å²) in [5, 5.41) is 23.6. The molecule has 4 saturated carbocycles. The number of aliphatic hydroxyl groups excluding tert-OH is 1. The third-order valence-electron chi connectivity index (χ3n) is 6.80. The van der Waals surface area contributed by atoms with E-state index in [0.717, 1.165) is 38.2 Å². The summed E-state index contributed by atoms with van der Waals surface area (Å²) < 4.78 is 39.3. The van der Waals surface area contributed by atoms with Gasteiger partial charge in [-0.3, -0.25) is 4.79 Å². The molecular weight excluding hydrogens is 371 g/mol. The summed E-state index contributed by atoms with van der Waals surface area (Å²) in [5.41, 5.74) is -1.99. The van der Waals surface area contributed by atoms with Gasteiger partial charge in [-0.25, -0.2) is 0 Å². The standard InChI is InChI=1S/C21H26F3NO3/c22-21(23,24)16-4-2-1-3-15(16)17(26)11-25-18(27)10-19-6-13-5-14(7-19)9-20(28,8-13)12-19/h1-4,13-14,17,26,28H,5-12H2,(H,25,27). The van der Waals surface area contributed by atoms with Crippen molar-refractivity contribution < 1.29 is 28.2 Å². The van der Waals surface area contributed by atoms with Crippen LogP contribution in [0.4, 0.5) is 13.2 Å². The Bertz CT molecular complexity index is 750. The van der Waals surface area contributed by atoms with Gasteiger partial charge in [0.25, 0.3) is 0 Å². The van der Waals surface area contributed by atoms with Crippen molar-refractivity contribution in [1.29, 1.82) is 0 Å². The van der Waals surface area contributed by atoms with Gasteiger partial charge in [0, 0.05) is 13.0 Å². The second-order valence-corrected chi connectivity index (χ2v) is 9.27. The number of alkyl halides is 3. The third-order valence-corrected chi connectivity index (χ3v) is 6.80. The maximum absolute atomic E-state index is 13.1. The number of hydrogen-bond acceptors (Lipinski definition) is 3. The van der Waals surface area contributed by atoms with Crippen molar-refractivity contribution in [1.82, 2.24) is 5.32 Å². The van der Waals surface area contributed by atoms with E-state index in [0.29, 0.717) is 18.3 Å². The summed E-state index contributed by atoms with van der Waals surface area (Å²) >= 11 is 0. The van der Waals surface area contributed by atoms with Gasteiger partial charge in [0.15, 0.2) is 0 Å². The Morgan fingerprint density at radius 2 is 1.82 bits per heavy atom. The average molecular weight is 397 g/mol. The Hall–Kier alpha value is -1.60. The van der Waals surface area contributed by atoms with E-state index in [-0.39, 0.29) is 29.9 Å². The fraction of sp³-hybridized carbons (Fsp3) is 0.667. The Morgan fingerprint density at radius 3 is 2.43 bits per heavy atom. The average Bonchev–Trinajstić information content (AvgIpc) is 2.56. The molecule has 7 heteroatoms. The number of aliphatic hydroxyl groups is 2. The number of carbonyl (C=O) groups excluding carboxylic acids is 1. The summed E-state index contributed by atoms with van der Waals surface area (Å²) in [6.07, 6.45) is -0.482. The fourth-order valence-electron chi connectivity index (χ4n) is 6.38. The second kappa shape index (κ2) is 6.73. The smallest absolute Gasteiger partial charge is 0.390 e. The molecule has 4 aliphatic rings. The van der Waals surface area contributed by atoms with Crippen LogP contribution in [0.15, 0.2) is 24.3 Å². The van der Waals surface area contributed by atoms with Crippen LogP contribution < -0.4 is 5.32 Å². The van der Waals surface area contributed by atoms with Gasteiger partial charge in [-0.15, -0.1) is 0 Å². The first-order valence-electron chi connectivity index (χ1n) is 9.91. The molecule has 3 N–H and O–H groups in total. The molecule has 1 amide bonds. The zero-order valence-corrected chi connectivity index (χ0v) is 15.6. The summed E-state index contributed by atoms with van der Waals surface area (Å²) in [6.45, 7) is -0.265. The topological polar surface area (TPSA) is 69.6 Å². The van der Waals surface area contributed by atoms with Gasteiger partial charge >= 0.3 is 6.18 Å². The molecule has 0 saturated heterocycles. The molecule has 4 nitrogen and oxygen atoms in total. The molecule has 5 rings (SSSR count). The molecule has 0 spiro atoms. The van der Waals surface area contributed by atoms with Gasteiger partial charge in [-0.1, -0.05) is 18.2 Å². The highest BCUT2D eigenvalue weighted by atomic mass is 19.4. The summed E-state index contributed by atoms with van der Waals surface area (Å²) in [7, 11) is 0. The van der Waals surface area contributed by atoms with Crippen LogP contribution in [0, 0.1) is 17.3 Å². The lowest BCUT2D eigenvalue weighted by molar-refractivity contribution is -0.169. The van der Waals surface area contributed by atoms with Gasteiger partial charge in [0.2, 0.25) is 5.91 Å². The van der Waals surface area contributed by atoms with E-state index in [9.17, 15) is 28.2 Å². The van der Waals surface area contributed by atoms with Crippen molar-refractivity contribution >= 4 is 5.91 Å². The quantitative estimate of drug-likeness (QED) is 0.711. The van der Waals surface area contributed by atoms with Gasteiger partial charge in [-0.2, -0.15) is 13.2 Å². The van der Waals surface area contributed by atoms with Crippen LogP contribution in [-0.4, -0.2) is 28.3 Å². The maximum Gasteiger partial charge on any atom is 0.416 e. The molecule has 0 heterocycles. The first kappa shape index (κ1) is 19.7. The van der Waals surface area contributed by atoms with Crippen molar-refractivity contribution in [2.24, 2.45) is 17.3 Å². The molecule has 0 aliphatic heterocycles. The predicted octanol–water partition coefficient (Wildman–Crippen LogP) is 3.58. The zero-order chi connectivity index (χ0) is 20.2. The Labute approximate surface area is 162 Å². The van der Waals surface area contributed by atoms with Crippen molar-refractivity contribution in [3.05, 3.63) is 35.4 Å². The maximum atomic E-state index is 13.1. The normalized spacial score (nSPS) is 35.0. The molecule has 4 bridgehead atoms. The number of halogens is 3. The molecule has 3 atom stereocenters. The Kier molecular flexibility index (Phi) is 4.74. The van der Waals surface area contributed by atoms with E-state index in [4.69, 9.17) is 0 Å². The monoisotopic (exact) mass is 397 g/mol. The van der Waals surface area contributed by atoms with Gasteiger partial charge < -0.3 is 15.5 Å². The number of nitrogens with one attached hydrogen (secondary N) is 1. The molecule has 28 heavy (non-hydrogen) atoms. The van der Waals surface area contributed by atoms with Gasteiger partial charge in [0.1, 0.15) is 0 Å². The van der Waals surface area contributed by atoms with Crippen molar-refractivity contribution in [2.75, 3.05) is 6.54 Å². The molecule has 4 aliphatic carbocycles.